The molecule has 3 nitrogen and oxygen atoms in total. The molecule has 202 valence electrons. The van der Waals surface area contributed by atoms with Gasteiger partial charge in [-0.05, 0) is 40.9 Å². The Morgan fingerprint density at radius 2 is 1.00 bits per heavy atom. The summed E-state index contributed by atoms with van der Waals surface area (Å²) in [5.41, 5.74) is 6.30. The number of aromatic nitrogens is 3. The SMILES string of the molecule is Fc1ccc(C([SiH2]Cn2cncn2)c2ccc(F)cc2)cc1.c1ccc(B(c2ccccc2)c2ccccc2)cc1. The van der Waals surface area contributed by atoms with E-state index in [-0.39, 0.29) is 17.2 Å². The van der Waals surface area contributed by atoms with Gasteiger partial charge in [-0.25, -0.2) is 13.8 Å². The van der Waals surface area contributed by atoms with Gasteiger partial charge in [0.15, 0.2) is 0 Å². The van der Waals surface area contributed by atoms with E-state index >= 15 is 0 Å². The Bertz CT molecular complexity index is 1440. The number of nitrogens with zero attached hydrogens (tertiary/aromatic N) is 3. The second-order valence-corrected chi connectivity index (χ2v) is 11.6. The van der Waals surface area contributed by atoms with Crippen LogP contribution in [0.2, 0.25) is 0 Å². The molecule has 41 heavy (non-hydrogen) atoms. The first kappa shape index (κ1) is 27.9. The lowest BCUT2D eigenvalue weighted by molar-refractivity contribution is 0.626. The fourth-order valence-corrected chi connectivity index (χ4v) is 7.00. The van der Waals surface area contributed by atoms with E-state index in [1.54, 1.807) is 30.6 Å². The van der Waals surface area contributed by atoms with Crippen molar-refractivity contribution < 1.29 is 8.78 Å². The molecule has 1 aromatic heterocycles. The highest BCUT2D eigenvalue weighted by Crippen LogP contribution is 2.24. The van der Waals surface area contributed by atoms with Crippen LogP contribution in [0.1, 0.15) is 16.7 Å². The van der Waals surface area contributed by atoms with Crippen LogP contribution in [0.15, 0.2) is 152 Å². The van der Waals surface area contributed by atoms with Crippen LogP contribution in [0.5, 0.6) is 0 Å². The molecule has 0 aliphatic carbocycles. The molecule has 0 aliphatic heterocycles. The van der Waals surface area contributed by atoms with E-state index in [0.29, 0.717) is 6.71 Å². The predicted molar refractivity (Wildman–Crippen MR) is 167 cm³/mol. The van der Waals surface area contributed by atoms with Gasteiger partial charge in [0.1, 0.15) is 24.3 Å². The van der Waals surface area contributed by atoms with E-state index in [2.05, 4.69) is 101 Å². The third kappa shape index (κ3) is 7.74. The van der Waals surface area contributed by atoms with E-state index in [1.807, 2.05) is 4.68 Å². The van der Waals surface area contributed by atoms with Crippen LogP contribution < -0.4 is 16.4 Å². The summed E-state index contributed by atoms with van der Waals surface area (Å²) in [6, 6.07) is 45.1. The van der Waals surface area contributed by atoms with Crippen molar-refractivity contribution >= 4 is 32.6 Å². The Morgan fingerprint density at radius 1 is 0.585 bits per heavy atom. The summed E-state index contributed by atoms with van der Waals surface area (Å²) in [4.78, 5) is 3.94. The Hall–Kier alpha value is -4.62. The van der Waals surface area contributed by atoms with Crippen LogP contribution in [0, 0.1) is 11.6 Å². The molecule has 0 amide bonds. The van der Waals surface area contributed by atoms with Gasteiger partial charge >= 0.3 is 0 Å². The largest absolute Gasteiger partial charge is 0.257 e. The molecule has 0 radical (unpaired) electrons. The van der Waals surface area contributed by atoms with Gasteiger partial charge in [-0.15, -0.1) is 0 Å². The smallest absolute Gasteiger partial charge is 0.241 e. The van der Waals surface area contributed by atoms with Crippen molar-refractivity contribution in [3.05, 3.63) is 175 Å². The van der Waals surface area contributed by atoms with Gasteiger partial charge in [-0.2, -0.15) is 5.10 Å². The molecule has 0 saturated heterocycles. The Morgan fingerprint density at radius 3 is 1.37 bits per heavy atom. The van der Waals surface area contributed by atoms with Crippen LogP contribution in [0.3, 0.4) is 0 Å². The molecule has 0 fully saturated rings. The van der Waals surface area contributed by atoms with Crippen molar-refractivity contribution in [1.29, 1.82) is 0 Å². The molecule has 6 rings (SSSR count). The molecule has 6 aromatic rings. The first-order chi connectivity index (χ1) is 20.2. The lowest BCUT2D eigenvalue weighted by atomic mass is 9.37. The van der Waals surface area contributed by atoms with Crippen LogP contribution in [-0.4, -0.2) is 31.0 Å². The molecular weight excluding hydrogens is 527 g/mol. The highest BCUT2D eigenvalue weighted by molar-refractivity contribution is 6.95. The van der Waals surface area contributed by atoms with Crippen LogP contribution in [0.25, 0.3) is 0 Å². The Balaban J connectivity index is 0.000000166. The van der Waals surface area contributed by atoms with Gasteiger partial charge in [-0.1, -0.05) is 132 Å². The molecule has 1 heterocycles. The second-order valence-electron chi connectivity index (χ2n) is 9.77. The van der Waals surface area contributed by atoms with Crippen LogP contribution in [-0.2, 0) is 6.17 Å². The first-order valence-corrected chi connectivity index (χ1v) is 15.5. The predicted octanol–water partition coefficient (Wildman–Crippen LogP) is 4.68. The maximum absolute atomic E-state index is 13.2. The number of hydrogen-bond donors (Lipinski definition) is 0. The normalized spacial score (nSPS) is 10.9. The molecule has 0 N–H and O–H groups in total. The summed E-state index contributed by atoms with van der Waals surface area (Å²) in [7, 11) is -0.649. The molecule has 0 saturated carbocycles. The number of rotatable bonds is 8. The van der Waals surface area contributed by atoms with Crippen molar-refractivity contribution in [3.8, 4) is 0 Å². The minimum Gasteiger partial charge on any atom is -0.257 e. The summed E-state index contributed by atoms with van der Waals surface area (Å²) >= 11 is 0. The first-order valence-electron chi connectivity index (χ1n) is 13.7. The quantitative estimate of drug-likeness (QED) is 0.255. The van der Waals surface area contributed by atoms with Crippen molar-refractivity contribution in [2.45, 2.75) is 11.7 Å². The molecule has 0 bridgehead atoms. The summed E-state index contributed by atoms with van der Waals surface area (Å²) in [6.45, 7) is 0.309. The summed E-state index contributed by atoms with van der Waals surface area (Å²) < 4.78 is 28.1. The summed E-state index contributed by atoms with van der Waals surface area (Å²) in [5.74, 6) is -0.501. The van der Waals surface area contributed by atoms with Crippen molar-refractivity contribution in [3.63, 3.8) is 0 Å². The van der Waals surface area contributed by atoms with E-state index in [4.69, 9.17) is 0 Å². The van der Waals surface area contributed by atoms with Gasteiger partial charge in [-0.3, -0.25) is 4.68 Å². The second kappa shape index (κ2) is 14.1. The van der Waals surface area contributed by atoms with E-state index in [0.717, 1.165) is 17.3 Å². The van der Waals surface area contributed by atoms with Crippen LogP contribution in [0.4, 0.5) is 8.78 Å². The summed E-state index contributed by atoms with van der Waals surface area (Å²) in [6.07, 6.45) is 4.03. The average Bonchev–Trinajstić information content (AvgIpc) is 3.55. The zero-order valence-electron chi connectivity index (χ0n) is 22.6. The maximum atomic E-state index is 13.2. The van der Waals surface area contributed by atoms with Crippen LogP contribution >= 0.6 is 0 Å². The van der Waals surface area contributed by atoms with Crippen molar-refractivity contribution in [2.75, 3.05) is 0 Å². The zero-order valence-corrected chi connectivity index (χ0v) is 24.0. The summed E-state index contributed by atoms with van der Waals surface area (Å²) in [5, 5.41) is 4.12. The fraction of sp³-hybridized carbons (Fsp3) is 0.0588. The topological polar surface area (TPSA) is 30.7 Å². The average molecular weight is 558 g/mol. The molecule has 0 spiro atoms. The highest BCUT2D eigenvalue weighted by Gasteiger charge is 2.20. The highest BCUT2D eigenvalue weighted by atomic mass is 28.2. The molecule has 0 atom stereocenters. The molecule has 0 unspecified atom stereocenters. The fourth-order valence-electron chi connectivity index (χ4n) is 5.04. The van der Waals surface area contributed by atoms with Crippen molar-refractivity contribution in [2.24, 2.45) is 0 Å². The van der Waals surface area contributed by atoms with E-state index in [9.17, 15) is 8.78 Å². The van der Waals surface area contributed by atoms with Gasteiger partial charge in [0.25, 0.3) is 0 Å². The van der Waals surface area contributed by atoms with Gasteiger partial charge in [0.2, 0.25) is 6.71 Å². The minimum atomic E-state index is -0.649. The number of hydrogen-bond acceptors (Lipinski definition) is 2. The number of halogens is 2. The van der Waals surface area contributed by atoms with Gasteiger partial charge in [0, 0.05) is 6.17 Å². The third-order valence-electron chi connectivity index (χ3n) is 7.06. The molecule has 5 aromatic carbocycles. The zero-order chi connectivity index (χ0) is 28.3. The molecular formula is C34H30BF2N3Si. The molecule has 7 heteroatoms. The van der Waals surface area contributed by atoms with Gasteiger partial charge < -0.3 is 0 Å². The lowest BCUT2D eigenvalue weighted by Crippen LogP contribution is -2.51. The Kier molecular flexibility index (Phi) is 9.63. The molecule has 0 aliphatic rings. The third-order valence-corrected chi connectivity index (χ3v) is 9.29. The van der Waals surface area contributed by atoms with E-state index in [1.165, 1.54) is 47.0 Å². The van der Waals surface area contributed by atoms with Gasteiger partial charge in [0.05, 0.1) is 9.52 Å². The lowest BCUT2D eigenvalue weighted by Gasteiger charge is -2.17. The maximum Gasteiger partial charge on any atom is 0.241 e. The minimum absolute atomic E-state index is 0.186. The monoisotopic (exact) mass is 557 g/mol. The number of benzene rings is 5. The van der Waals surface area contributed by atoms with E-state index < -0.39 is 9.52 Å². The van der Waals surface area contributed by atoms with Crippen molar-refractivity contribution in [1.82, 2.24) is 14.8 Å². The Labute approximate surface area is 242 Å². The standard InChI is InChI=1S/C18H15B.C16H15F2N3Si/c1-4-10-16(11-5-1)19(17-12-6-2-7-13-17)18-14-8-3-9-15-18;17-14-5-1-12(2-6-14)16(13-3-7-15(18)8-4-13)22-11-21-10-19-9-20-21/h1-15H;1-10,16H,11,22H2.